The third kappa shape index (κ3) is 3.13. The highest BCUT2D eigenvalue weighted by atomic mass is 32.2. The summed E-state index contributed by atoms with van der Waals surface area (Å²) in [7, 11) is -4.11. The van der Waals surface area contributed by atoms with E-state index in [1.165, 1.54) is 0 Å². The fourth-order valence-corrected chi connectivity index (χ4v) is 2.98. The molecule has 2 saturated heterocycles. The number of rotatable bonds is 5. The van der Waals surface area contributed by atoms with Crippen LogP contribution in [0.5, 0.6) is 0 Å². The van der Waals surface area contributed by atoms with E-state index in [0.29, 0.717) is 12.8 Å². The molecule has 0 amide bonds. The number of hydrogen-bond donors (Lipinski definition) is 1. The van der Waals surface area contributed by atoms with Crippen LogP contribution in [-0.4, -0.2) is 38.8 Å². The first-order valence-corrected chi connectivity index (χ1v) is 8.19. The van der Waals surface area contributed by atoms with Crippen LogP contribution in [0.2, 0.25) is 0 Å². The van der Waals surface area contributed by atoms with E-state index in [-0.39, 0.29) is 18.2 Å². The molecule has 0 aromatic carbocycles. The van der Waals surface area contributed by atoms with Crippen molar-refractivity contribution in [2.45, 2.75) is 64.4 Å². The number of nitrogens with two attached hydrogens (primary N) is 1. The maximum atomic E-state index is 12.1. The normalized spacial score (nSPS) is 33.4. The Balaban J connectivity index is 2.11. The van der Waals surface area contributed by atoms with Crippen LogP contribution < -0.4 is 5.14 Å². The van der Waals surface area contributed by atoms with E-state index in [4.69, 9.17) is 18.8 Å². The lowest BCUT2D eigenvalue weighted by Gasteiger charge is -2.30. The monoisotopic (exact) mass is 307 g/mol. The standard InChI is InChI=1S/C12H21NO6S/c1-4-12(2,3)11(14)18-9-7-5-6-8(17-7)10(9)19-20(13,15)16/h7-10H,4-6H2,1-3H3,(H2,13,15,16). The zero-order valence-corrected chi connectivity index (χ0v) is 12.7. The lowest BCUT2D eigenvalue weighted by molar-refractivity contribution is -0.166. The first-order valence-electron chi connectivity index (χ1n) is 6.71. The van der Waals surface area contributed by atoms with E-state index >= 15 is 0 Å². The van der Waals surface area contributed by atoms with Gasteiger partial charge in [0.25, 0.3) is 0 Å². The van der Waals surface area contributed by atoms with Crippen molar-refractivity contribution >= 4 is 16.3 Å². The van der Waals surface area contributed by atoms with Gasteiger partial charge >= 0.3 is 16.3 Å². The first kappa shape index (κ1) is 15.7. The molecule has 0 saturated carbocycles. The molecular weight excluding hydrogens is 286 g/mol. The summed E-state index contributed by atoms with van der Waals surface area (Å²) in [6.45, 7) is 5.44. The molecule has 0 spiro atoms. The van der Waals surface area contributed by atoms with E-state index in [1.54, 1.807) is 13.8 Å². The molecule has 2 fully saturated rings. The van der Waals surface area contributed by atoms with Gasteiger partial charge in [0.05, 0.1) is 17.6 Å². The van der Waals surface area contributed by atoms with Gasteiger partial charge in [-0.2, -0.15) is 8.42 Å². The fourth-order valence-electron chi connectivity index (χ4n) is 2.44. The molecule has 0 radical (unpaired) electrons. The third-order valence-electron chi connectivity index (χ3n) is 4.07. The minimum absolute atomic E-state index is 0.316. The highest BCUT2D eigenvalue weighted by Crippen LogP contribution is 2.39. The Hall–Kier alpha value is -0.700. The molecule has 2 N–H and O–H groups in total. The second kappa shape index (κ2) is 5.25. The Kier molecular flexibility index (Phi) is 4.12. The minimum atomic E-state index is -4.11. The smallest absolute Gasteiger partial charge is 0.333 e. The molecule has 0 aliphatic carbocycles. The third-order valence-corrected chi connectivity index (χ3v) is 4.56. The van der Waals surface area contributed by atoms with Gasteiger partial charge in [-0.15, -0.1) is 0 Å². The highest BCUT2D eigenvalue weighted by molar-refractivity contribution is 7.84. The van der Waals surface area contributed by atoms with Crippen molar-refractivity contribution in [2.24, 2.45) is 10.6 Å². The van der Waals surface area contributed by atoms with Gasteiger partial charge in [-0.25, -0.2) is 9.32 Å². The lowest BCUT2D eigenvalue weighted by Crippen LogP contribution is -2.46. The van der Waals surface area contributed by atoms with E-state index in [2.05, 4.69) is 0 Å². The van der Waals surface area contributed by atoms with Crippen molar-refractivity contribution in [3.8, 4) is 0 Å². The summed E-state index contributed by atoms with van der Waals surface area (Å²) < 4.78 is 38.1. The van der Waals surface area contributed by atoms with Gasteiger partial charge < -0.3 is 9.47 Å². The molecule has 2 bridgehead atoms. The lowest BCUT2D eigenvalue weighted by atomic mass is 9.89. The predicted octanol–water partition coefficient (Wildman–Crippen LogP) is 0.484. The molecule has 0 aromatic rings. The second-order valence-electron chi connectivity index (χ2n) is 5.95. The van der Waals surface area contributed by atoms with Crippen LogP contribution in [0.15, 0.2) is 0 Å². The molecule has 20 heavy (non-hydrogen) atoms. The van der Waals surface area contributed by atoms with Crippen LogP contribution in [-0.2, 0) is 28.8 Å². The molecule has 116 valence electrons. The van der Waals surface area contributed by atoms with Crippen molar-refractivity contribution in [3.05, 3.63) is 0 Å². The van der Waals surface area contributed by atoms with Crippen molar-refractivity contribution in [2.75, 3.05) is 0 Å². The van der Waals surface area contributed by atoms with E-state index < -0.39 is 27.9 Å². The van der Waals surface area contributed by atoms with Crippen LogP contribution in [0.3, 0.4) is 0 Å². The fraction of sp³-hybridized carbons (Fsp3) is 0.917. The Morgan fingerprint density at radius 3 is 2.35 bits per heavy atom. The van der Waals surface area contributed by atoms with Crippen LogP contribution in [0.4, 0.5) is 0 Å². The maximum Gasteiger partial charge on any atom is 0.333 e. The quantitative estimate of drug-likeness (QED) is 0.741. The largest absolute Gasteiger partial charge is 0.456 e. The van der Waals surface area contributed by atoms with Gasteiger partial charge in [-0.05, 0) is 33.1 Å². The molecule has 7 nitrogen and oxygen atoms in total. The van der Waals surface area contributed by atoms with E-state index in [1.807, 2.05) is 6.92 Å². The molecule has 4 atom stereocenters. The number of carbonyl (C=O) groups is 1. The second-order valence-corrected chi connectivity index (χ2v) is 7.13. The van der Waals surface area contributed by atoms with Crippen molar-refractivity contribution in [1.29, 1.82) is 0 Å². The summed E-state index contributed by atoms with van der Waals surface area (Å²) in [5, 5.41) is 4.91. The summed E-state index contributed by atoms with van der Waals surface area (Å²) in [5.74, 6) is -0.385. The first-order chi connectivity index (χ1) is 9.14. The van der Waals surface area contributed by atoms with Crippen LogP contribution in [0, 0.1) is 5.41 Å². The molecule has 2 heterocycles. The average molecular weight is 307 g/mol. The van der Waals surface area contributed by atoms with Gasteiger partial charge in [-0.1, -0.05) is 6.92 Å². The van der Waals surface area contributed by atoms with Gasteiger partial charge in [0, 0.05) is 0 Å². The van der Waals surface area contributed by atoms with E-state index in [9.17, 15) is 13.2 Å². The Morgan fingerprint density at radius 2 is 1.85 bits per heavy atom. The molecule has 8 heteroatoms. The highest BCUT2D eigenvalue weighted by Gasteiger charge is 2.54. The zero-order valence-electron chi connectivity index (χ0n) is 11.9. The predicted molar refractivity (Wildman–Crippen MR) is 69.8 cm³/mol. The summed E-state index contributed by atoms with van der Waals surface area (Å²) in [6, 6.07) is 0. The topological polar surface area (TPSA) is 105 Å². The van der Waals surface area contributed by atoms with Gasteiger partial charge in [-0.3, -0.25) is 4.79 Å². The average Bonchev–Trinajstić information content (AvgIpc) is 2.90. The maximum absolute atomic E-state index is 12.1. The molecule has 2 aliphatic heterocycles. The van der Waals surface area contributed by atoms with E-state index in [0.717, 1.165) is 6.42 Å². The zero-order chi connectivity index (χ0) is 15.1. The number of ether oxygens (including phenoxy) is 2. The van der Waals surface area contributed by atoms with Crippen LogP contribution >= 0.6 is 0 Å². The summed E-state index contributed by atoms with van der Waals surface area (Å²) >= 11 is 0. The van der Waals surface area contributed by atoms with Crippen molar-refractivity contribution < 1.29 is 26.9 Å². The van der Waals surface area contributed by atoms with Gasteiger partial charge in [0.2, 0.25) is 0 Å². The minimum Gasteiger partial charge on any atom is -0.456 e. The summed E-state index contributed by atoms with van der Waals surface area (Å²) in [5.41, 5.74) is -0.631. The van der Waals surface area contributed by atoms with Crippen molar-refractivity contribution in [1.82, 2.24) is 0 Å². The van der Waals surface area contributed by atoms with Gasteiger partial charge in [0.15, 0.2) is 6.10 Å². The number of carbonyl (C=O) groups excluding carboxylic acids is 1. The SMILES string of the molecule is CCC(C)(C)C(=O)OC1C2CCC(O2)C1OS(N)(=O)=O. The number of hydrogen-bond acceptors (Lipinski definition) is 6. The molecule has 2 rings (SSSR count). The molecule has 0 aromatic heterocycles. The molecule has 2 aliphatic rings. The van der Waals surface area contributed by atoms with Crippen LogP contribution in [0.1, 0.15) is 40.0 Å². The molecular formula is C12H21NO6S. The summed E-state index contributed by atoms with van der Waals surface area (Å²) in [6.07, 6.45) is -0.251. The Labute approximate surface area is 119 Å². The number of esters is 1. The number of fused-ring (bicyclic) bond motifs is 2. The Bertz CT molecular complexity index is 488. The Morgan fingerprint density at radius 1 is 1.30 bits per heavy atom. The molecule has 4 unspecified atom stereocenters. The van der Waals surface area contributed by atoms with Gasteiger partial charge in [0.1, 0.15) is 6.10 Å². The van der Waals surface area contributed by atoms with Crippen LogP contribution in [0.25, 0.3) is 0 Å². The summed E-state index contributed by atoms with van der Waals surface area (Å²) in [4.78, 5) is 12.1. The van der Waals surface area contributed by atoms with Crippen molar-refractivity contribution in [3.63, 3.8) is 0 Å².